The fraction of sp³-hybridized carbons (Fsp3) is 0.591. The molecule has 0 radical (unpaired) electrons. The third kappa shape index (κ3) is 4.12. The highest BCUT2D eigenvalue weighted by molar-refractivity contribution is 5.56. The first-order valence-electron chi connectivity index (χ1n) is 10.6. The average molecular weight is 383 g/mol. The van der Waals surface area contributed by atoms with Crippen LogP contribution >= 0.6 is 0 Å². The largest absolute Gasteiger partial charge is 0.378 e. The van der Waals surface area contributed by atoms with Crippen LogP contribution in [0.1, 0.15) is 24.1 Å². The van der Waals surface area contributed by atoms with Crippen LogP contribution in [0.15, 0.2) is 24.3 Å². The molecule has 6 heteroatoms. The summed E-state index contributed by atoms with van der Waals surface area (Å²) in [6, 6.07) is 8.91. The Morgan fingerprint density at radius 3 is 2.43 bits per heavy atom. The molecule has 1 aliphatic heterocycles. The van der Waals surface area contributed by atoms with Crippen molar-refractivity contribution in [3.8, 4) is 0 Å². The standard InChI is InChI=1S/C22H34N6/c1-25(2)18-8-10-19(11-9-18)28-16-14-27(15-17-28)13-12-23-22-20-6-4-5-7-21(20)24-26(22)3/h8-11,23H,4-7,12-17H2,1-3H3. The minimum atomic E-state index is 0.990. The van der Waals surface area contributed by atoms with Gasteiger partial charge >= 0.3 is 0 Å². The minimum Gasteiger partial charge on any atom is -0.378 e. The molecular weight excluding hydrogens is 348 g/mol. The first kappa shape index (κ1) is 19.1. The lowest BCUT2D eigenvalue weighted by atomic mass is 9.97. The summed E-state index contributed by atoms with van der Waals surface area (Å²) < 4.78 is 2.05. The monoisotopic (exact) mass is 382 g/mol. The summed E-state index contributed by atoms with van der Waals surface area (Å²) in [5.41, 5.74) is 5.36. The zero-order valence-electron chi connectivity index (χ0n) is 17.6. The number of hydrogen-bond donors (Lipinski definition) is 1. The van der Waals surface area contributed by atoms with Crippen LogP contribution in [0.2, 0.25) is 0 Å². The van der Waals surface area contributed by atoms with Crippen LogP contribution in [0.5, 0.6) is 0 Å². The number of nitrogens with one attached hydrogen (secondary N) is 1. The van der Waals surface area contributed by atoms with E-state index >= 15 is 0 Å². The van der Waals surface area contributed by atoms with Gasteiger partial charge in [-0.15, -0.1) is 0 Å². The SMILES string of the molecule is CN(C)c1ccc(N2CCN(CCNc3c4c(nn3C)CCCC4)CC2)cc1. The summed E-state index contributed by atoms with van der Waals surface area (Å²) in [6.45, 7) is 6.53. The molecule has 0 amide bonds. The van der Waals surface area contributed by atoms with Gasteiger partial charge in [0.15, 0.2) is 0 Å². The average Bonchev–Trinajstić information content (AvgIpc) is 3.04. The normalized spacial score (nSPS) is 17.5. The highest BCUT2D eigenvalue weighted by Crippen LogP contribution is 2.27. The van der Waals surface area contributed by atoms with Crippen molar-refractivity contribution in [1.82, 2.24) is 14.7 Å². The van der Waals surface area contributed by atoms with Crippen molar-refractivity contribution >= 4 is 17.2 Å². The maximum atomic E-state index is 4.71. The number of nitrogens with zero attached hydrogens (tertiary/aromatic N) is 5. The van der Waals surface area contributed by atoms with E-state index in [1.54, 1.807) is 0 Å². The number of piperazine rings is 1. The van der Waals surface area contributed by atoms with Crippen molar-refractivity contribution in [2.24, 2.45) is 7.05 Å². The Bertz CT molecular complexity index is 771. The highest BCUT2D eigenvalue weighted by atomic mass is 15.3. The Morgan fingerprint density at radius 1 is 1.00 bits per heavy atom. The number of fused-ring (bicyclic) bond motifs is 1. The molecule has 0 bridgehead atoms. The second-order valence-electron chi connectivity index (χ2n) is 8.27. The molecular formula is C22H34N6. The van der Waals surface area contributed by atoms with Gasteiger partial charge in [0.2, 0.25) is 0 Å². The third-order valence-corrected chi connectivity index (χ3v) is 6.14. The first-order chi connectivity index (χ1) is 13.6. The van der Waals surface area contributed by atoms with Gasteiger partial charge in [-0.05, 0) is 49.9 Å². The van der Waals surface area contributed by atoms with Crippen LogP contribution in [0, 0.1) is 0 Å². The van der Waals surface area contributed by atoms with E-state index in [2.05, 4.69) is 65.4 Å². The molecule has 0 atom stereocenters. The van der Waals surface area contributed by atoms with Gasteiger partial charge < -0.3 is 15.1 Å². The van der Waals surface area contributed by atoms with Crippen molar-refractivity contribution in [2.75, 3.05) is 68.5 Å². The molecule has 1 aromatic carbocycles. The van der Waals surface area contributed by atoms with E-state index in [4.69, 9.17) is 5.10 Å². The van der Waals surface area contributed by atoms with Crippen molar-refractivity contribution in [3.63, 3.8) is 0 Å². The molecule has 1 N–H and O–H groups in total. The Kier molecular flexibility index (Phi) is 5.76. The predicted octanol–water partition coefficient (Wildman–Crippen LogP) is 2.60. The number of aromatic nitrogens is 2. The summed E-state index contributed by atoms with van der Waals surface area (Å²) in [6.07, 6.45) is 4.90. The lowest BCUT2D eigenvalue weighted by Gasteiger charge is -2.36. The van der Waals surface area contributed by atoms with Crippen LogP contribution < -0.4 is 15.1 Å². The number of aryl methyl sites for hydroxylation is 2. The molecule has 1 aromatic heterocycles. The molecule has 152 valence electrons. The molecule has 1 fully saturated rings. The van der Waals surface area contributed by atoms with Gasteiger partial charge in [-0.25, -0.2) is 0 Å². The molecule has 1 aliphatic carbocycles. The molecule has 4 rings (SSSR count). The minimum absolute atomic E-state index is 0.990. The quantitative estimate of drug-likeness (QED) is 0.832. The molecule has 2 aromatic rings. The van der Waals surface area contributed by atoms with E-state index in [0.717, 1.165) is 45.7 Å². The van der Waals surface area contributed by atoms with Crippen LogP contribution in [0.3, 0.4) is 0 Å². The molecule has 0 unspecified atom stereocenters. The van der Waals surface area contributed by atoms with E-state index in [0.29, 0.717) is 0 Å². The van der Waals surface area contributed by atoms with Crippen molar-refractivity contribution < 1.29 is 0 Å². The number of hydrogen-bond acceptors (Lipinski definition) is 5. The fourth-order valence-electron chi connectivity index (χ4n) is 4.43. The van der Waals surface area contributed by atoms with Gasteiger partial charge in [-0.3, -0.25) is 9.58 Å². The smallest absolute Gasteiger partial charge is 0.127 e. The van der Waals surface area contributed by atoms with Crippen LogP contribution in [-0.2, 0) is 19.9 Å². The van der Waals surface area contributed by atoms with Crippen LogP contribution in [0.4, 0.5) is 17.2 Å². The number of rotatable bonds is 6. The second kappa shape index (κ2) is 8.43. The maximum Gasteiger partial charge on any atom is 0.127 e. The summed E-state index contributed by atoms with van der Waals surface area (Å²) in [5.74, 6) is 1.24. The van der Waals surface area contributed by atoms with Gasteiger partial charge in [-0.1, -0.05) is 0 Å². The van der Waals surface area contributed by atoms with Crippen molar-refractivity contribution in [1.29, 1.82) is 0 Å². The van der Waals surface area contributed by atoms with E-state index in [-0.39, 0.29) is 0 Å². The lowest BCUT2D eigenvalue weighted by molar-refractivity contribution is 0.267. The second-order valence-corrected chi connectivity index (χ2v) is 8.27. The van der Waals surface area contributed by atoms with E-state index in [1.165, 1.54) is 47.7 Å². The predicted molar refractivity (Wildman–Crippen MR) is 118 cm³/mol. The topological polar surface area (TPSA) is 39.6 Å². The van der Waals surface area contributed by atoms with Crippen molar-refractivity contribution in [2.45, 2.75) is 25.7 Å². The number of benzene rings is 1. The van der Waals surface area contributed by atoms with Crippen LogP contribution in [-0.4, -0.2) is 68.0 Å². The molecule has 2 aliphatic rings. The fourth-order valence-corrected chi connectivity index (χ4v) is 4.43. The van der Waals surface area contributed by atoms with Gasteiger partial charge in [-0.2, -0.15) is 5.10 Å². The first-order valence-corrected chi connectivity index (χ1v) is 10.6. The van der Waals surface area contributed by atoms with Gasteiger partial charge in [0, 0.05) is 77.3 Å². The summed E-state index contributed by atoms with van der Waals surface area (Å²) in [4.78, 5) is 7.22. The molecule has 28 heavy (non-hydrogen) atoms. The van der Waals surface area contributed by atoms with Gasteiger partial charge in [0.25, 0.3) is 0 Å². The van der Waals surface area contributed by atoms with E-state index < -0.39 is 0 Å². The molecule has 2 heterocycles. The van der Waals surface area contributed by atoms with Crippen LogP contribution in [0.25, 0.3) is 0 Å². The number of anilines is 3. The maximum absolute atomic E-state index is 4.71. The third-order valence-electron chi connectivity index (χ3n) is 6.14. The summed E-state index contributed by atoms with van der Waals surface area (Å²) >= 11 is 0. The Balaban J connectivity index is 1.24. The zero-order valence-corrected chi connectivity index (χ0v) is 17.6. The van der Waals surface area contributed by atoms with Gasteiger partial charge in [0.1, 0.15) is 5.82 Å². The summed E-state index contributed by atoms with van der Waals surface area (Å²) in [7, 11) is 6.24. The highest BCUT2D eigenvalue weighted by Gasteiger charge is 2.20. The van der Waals surface area contributed by atoms with Crippen molar-refractivity contribution in [3.05, 3.63) is 35.5 Å². The van der Waals surface area contributed by atoms with Gasteiger partial charge in [0.05, 0.1) is 5.69 Å². The van der Waals surface area contributed by atoms with E-state index in [1.807, 2.05) is 4.68 Å². The molecule has 0 spiro atoms. The molecule has 0 saturated carbocycles. The Labute approximate surface area is 169 Å². The molecule has 6 nitrogen and oxygen atoms in total. The Morgan fingerprint density at radius 2 is 1.71 bits per heavy atom. The molecule has 1 saturated heterocycles. The lowest BCUT2D eigenvalue weighted by Crippen LogP contribution is -2.47. The summed E-state index contributed by atoms with van der Waals surface area (Å²) in [5, 5.41) is 8.38. The zero-order chi connectivity index (χ0) is 19.5. The Hall–Kier alpha value is -2.21. The van der Waals surface area contributed by atoms with E-state index in [9.17, 15) is 0 Å².